The fourth-order valence-corrected chi connectivity index (χ4v) is 2.22. The third-order valence-corrected chi connectivity index (χ3v) is 3.09. The van der Waals surface area contributed by atoms with Crippen LogP contribution in [0.25, 0.3) is 11.8 Å². The SMILES string of the molecule is Cc1cc(/C=C\C=N\N=C(N)N)c(C)n1-c1ccccc1. The summed E-state index contributed by atoms with van der Waals surface area (Å²) in [5.41, 5.74) is 15.0. The zero-order chi connectivity index (χ0) is 15.2. The summed E-state index contributed by atoms with van der Waals surface area (Å²) in [4.78, 5) is 0. The number of guanidine groups is 1. The fourth-order valence-electron chi connectivity index (χ4n) is 2.22. The van der Waals surface area contributed by atoms with Crippen LogP contribution in [0.4, 0.5) is 0 Å². The van der Waals surface area contributed by atoms with Crippen LogP contribution in [0.5, 0.6) is 0 Å². The molecular weight excluding hydrogens is 262 g/mol. The lowest BCUT2D eigenvalue weighted by Gasteiger charge is -2.08. The van der Waals surface area contributed by atoms with Gasteiger partial charge >= 0.3 is 0 Å². The second-order valence-corrected chi connectivity index (χ2v) is 4.65. The van der Waals surface area contributed by atoms with Crippen molar-refractivity contribution in [2.45, 2.75) is 13.8 Å². The van der Waals surface area contributed by atoms with Gasteiger partial charge in [0.05, 0.1) is 0 Å². The monoisotopic (exact) mass is 281 g/mol. The maximum atomic E-state index is 5.18. The highest BCUT2D eigenvalue weighted by molar-refractivity contribution is 5.80. The molecule has 0 saturated carbocycles. The van der Waals surface area contributed by atoms with Crippen molar-refractivity contribution in [1.82, 2.24) is 4.57 Å². The first-order valence-corrected chi connectivity index (χ1v) is 6.62. The lowest BCUT2D eigenvalue weighted by atomic mass is 10.2. The van der Waals surface area contributed by atoms with Crippen molar-refractivity contribution in [3.05, 3.63) is 59.4 Å². The van der Waals surface area contributed by atoms with Crippen LogP contribution >= 0.6 is 0 Å². The summed E-state index contributed by atoms with van der Waals surface area (Å²) < 4.78 is 2.22. The van der Waals surface area contributed by atoms with E-state index in [4.69, 9.17) is 11.5 Å². The van der Waals surface area contributed by atoms with E-state index < -0.39 is 0 Å². The highest BCUT2D eigenvalue weighted by atomic mass is 15.3. The minimum atomic E-state index is -0.0538. The summed E-state index contributed by atoms with van der Waals surface area (Å²) >= 11 is 0. The average molecular weight is 281 g/mol. The molecule has 0 spiro atoms. The van der Waals surface area contributed by atoms with Crippen LogP contribution in [0.3, 0.4) is 0 Å². The van der Waals surface area contributed by atoms with Gasteiger partial charge in [-0.25, -0.2) is 0 Å². The quantitative estimate of drug-likeness (QED) is 0.512. The topological polar surface area (TPSA) is 81.7 Å². The molecule has 0 atom stereocenters. The van der Waals surface area contributed by atoms with Crippen LogP contribution in [0, 0.1) is 13.8 Å². The molecule has 0 aliphatic rings. The van der Waals surface area contributed by atoms with Gasteiger partial charge in [-0.1, -0.05) is 24.3 Å². The highest BCUT2D eigenvalue weighted by Gasteiger charge is 2.07. The van der Waals surface area contributed by atoms with Crippen LogP contribution in [0.2, 0.25) is 0 Å². The maximum Gasteiger partial charge on any atom is 0.211 e. The second kappa shape index (κ2) is 6.56. The van der Waals surface area contributed by atoms with Gasteiger partial charge < -0.3 is 16.0 Å². The molecule has 4 N–H and O–H groups in total. The molecule has 0 aliphatic heterocycles. The molecule has 0 aliphatic carbocycles. The van der Waals surface area contributed by atoms with Gasteiger partial charge in [-0.15, -0.1) is 5.10 Å². The normalized spacial score (nSPS) is 11.3. The number of aromatic nitrogens is 1. The van der Waals surface area contributed by atoms with Crippen LogP contribution in [-0.4, -0.2) is 16.7 Å². The lowest BCUT2D eigenvalue weighted by molar-refractivity contribution is 0.964. The van der Waals surface area contributed by atoms with Gasteiger partial charge in [-0.2, -0.15) is 5.10 Å². The van der Waals surface area contributed by atoms with E-state index in [0.717, 1.165) is 11.3 Å². The van der Waals surface area contributed by atoms with Gasteiger partial charge in [-0.3, -0.25) is 0 Å². The Bertz CT molecular complexity index is 689. The Hall–Kier alpha value is -2.82. The van der Waals surface area contributed by atoms with Gasteiger partial charge in [0.15, 0.2) is 0 Å². The van der Waals surface area contributed by atoms with Gasteiger partial charge in [0.1, 0.15) is 0 Å². The summed E-state index contributed by atoms with van der Waals surface area (Å²) in [5, 5.41) is 7.26. The van der Waals surface area contributed by atoms with E-state index in [2.05, 4.69) is 46.8 Å². The highest BCUT2D eigenvalue weighted by Crippen LogP contribution is 2.21. The number of nitrogens with zero attached hydrogens (tertiary/aromatic N) is 3. The van der Waals surface area contributed by atoms with E-state index in [1.165, 1.54) is 11.4 Å². The van der Waals surface area contributed by atoms with Crippen molar-refractivity contribution in [2.75, 3.05) is 0 Å². The molecule has 0 bridgehead atoms. The molecule has 2 rings (SSSR count). The standard InChI is InChI=1S/C16H19N5/c1-12-11-14(7-6-10-19-20-16(17)18)13(2)21(12)15-8-4-3-5-9-15/h3-11H,1-2H3,(H4,17,18,20)/b7-6-,19-10+. The lowest BCUT2D eigenvalue weighted by Crippen LogP contribution is -2.21. The number of para-hydroxylation sites is 1. The molecular formula is C16H19N5. The predicted octanol–water partition coefficient (Wildman–Crippen LogP) is 2.37. The first-order chi connectivity index (χ1) is 10.1. The molecule has 0 fully saturated rings. The smallest absolute Gasteiger partial charge is 0.211 e. The van der Waals surface area contributed by atoms with Gasteiger partial charge in [0.25, 0.3) is 0 Å². The summed E-state index contributed by atoms with van der Waals surface area (Å²) in [6.07, 6.45) is 5.34. The Morgan fingerprint density at radius 1 is 1.14 bits per heavy atom. The van der Waals surface area contributed by atoms with Crippen molar-refractivity contribution >= 4 is 18.3 Å². The van der Waals surface area contributed by atoms with Crippen LogP contribution in [0.1, 0.15) is 17.0 Å². The largest absolute Gasteiger partial charge is 0.369 e. The average Bonchev–Trinajstić information content (AvgIpc) is 2.74. The number of benzene rings is 1. The molecule has 1 aromatic heterocycles. The van der Waals surface area contributed by atoms with E-state index in [-0.39, 0.29) is 5.96 Å². The van der Waals surface area contributed by atoms with Gasteiger partial charge in [-0.05, 0) is 43.7 Å². The number of nitrogens with two attached hydrogens (primary N) is 2. The first-order valence-electron chi connectivity index (χ1n) is 6.62. The molecule has 5 heteroatoms. The number of allylic oxidation sites excluding steroid dienone is 1. The zero-order valence-corrected chi connectivity index (χ0v) is 12.2. The van der Waals surface area contributed by atoms with Crippen molar-refractivity contribution < 1.29 is 0 Å². The van der Waals surface area contributed by atoms with E-state index in [1.807, 2.05) is 30.4 Å². The van der Waals surface area contributed by atoms with Crippen LogP contribution in [-0.2, 0) is 0 Å². The molecule has 1 heterocycles. The third-order valence-electron chi connectivity index (χ3n) is 3.09. The fraction of sp³-hybridized carbons (Fsp3) is 0.125. The summed E-state index contributed by atoms with van der Waals surface area (Å²) in [6, 6.07) is 12.4. The van der Waals surface area contributed by atoms with Crippen molar-refractivity contribution in [3.63, 3.8) is 0 Å². The van der Waals surface area contributed by atoms with Crippen LogP contribution < -0.4 is 11.5 Å². The Labute approximate surface area is 124 Å². The maximum absolute atomic E-state index is 5.18. The predicted molar refractivity (Wildman–Crippen MR) is 88.6 cm³/mol. The molecule has 0 unspecified atom stereocenters. The number of hydrogen-bond donors (Lipinski definition) is 2. The number of hydrogen-bond acceptors (Lipinski definition) is 2. The van der Waals surface area contributed by atoms with E-state index in [9.17, 15) is 0 Å². The van der Waals surface area contributed by atoms with Crippen molar-refractivity contribution in [1.29, 1.82) is 0 Å². The third kappa shape index (κ3) is 3.60. The Kier molecular flexibility index (Phi) is 4.56. The molecule has 1 aromatic carbocycles. The van der Waals surface area contributed by atoms with Crippen molar-refractivity contribution in [3.8, 4) is 5.69 Å². The minimum absolute atomic E-state index is 0.0538. The summed E-state index contributed by atoms with van der Waals surface area (Å²) in [5.74, 6) is -0.0538. The Morgan fingerprint density at radius 3 is 2.52 bits per heavy atom. The molecule has 0 saturated heterocycles. The van der Waals surface area contributed by atoms with E-state index in [0.29, 0.717) is 0 Å². The molecule has 5 nitrogen and oxygen atoms in total. The summed E-state index contributed by atoms with van der Waals surface area (Å²) in [7, 11) is 0. The molecule has 2 aromatic rings. The number of aryl methyl sites for hydroxylation is 1. The Balaban J connectivity index is 2.26. The molecule has 21 heavy (non-hydrogen) atoms. The summed E-state index contributed by atoms with van der Waals surface area (Å²) in [6.45, 7) is 4.18. The Morgan fingerprint density at radius 2 is 1.86 bits per heavy atom. The molecule has 0 amide bonds. The second-order valence-electron chi connectivity index (χ2n) is 4.65. The number of rotatable bonds is 4. The first kappa shape index (κ1) is 14.6. The van der Waals surface area contributed by atoms with Crippen LogP contribution in [0.15, 0.2) is 52.7 Å². The molecule has 0 radical (unpaired) electrons. The van der Waals surface area contributed by atoms with E-state index in [1.54, 1.807) is 6.21 Å². The van der Waals surface area contributed by atoms with Gasteiger partial charge in [0, 0.05) is 23.3 Å². The molecule has 108 valence electrons. The van der Waals surface area contributed by atoms with Gasteiger partial charge in [0.2, 0.25) is 5.96 Å². The van der Waals surface area contributed by atoms with E-state index >= 15 is 0 Å². The minimum Gasteiger partial charge on any atom is -0.369 e. The van der Waals surface area contributed by atoms with Crippen molar-refractivity contribution in [2.24, 2.45) is 21.7 Å². The zero-order valence-electron chi connectivity index (χ0n) is 12.2.